The quantitative estimate of drug-likeness (QED) is 0.618. The lowest BCUT2D eigenvalue weighted by molar-refractivity contribution is -0.856. The number of benzene rings is 1. The molecule has 0 amide bonds. The number of hydrogen-bond acceptors (Lipinski definition) is 5. The van der Waals surface area contributed by atoms with E-state index in [1.807, 2.05) is 58.3 Å². The molecule has 0 spiro atoms. The van der Waals surface area contributed by atoms with Gasteiger partial charge in [0.05, 0.1) is 19.8 Å². The molecule has 21 heavy (non-hydrogen) atoms. The number of quaternary nitrogens is 1. The molecule has 6 heteroatoms. The number of carboxylic acid groups (broad SMARTS) is 1. The number of carbonyl (C=O) groups is 1. The van der Waals surface area contributed by atoms with E-state index < -0.39 is 5.97 Å². The first-order chi connectivity index (χ1) is 9.74. The number of aliphatic carboxylic acids is 1. The zero-order valence-corrected chi connectivity index (χ0v) is 13.0. The molecule has 2 rings (SSSR count). The van der Waals surface area contributed by atoms with E-state index in [2.05, 4.69) is 15.3 Å². The van der Waals surface area contributed by atoms with Crippen molar-refractivity contribution in [2.75, 3.05) is 14.1 Å². The number of carboxylic acids is 1. The van der Waals surface area contributed by atoms with Crippen LogP contribution in [-0.4, -0.2) is 30.4 Å². The van der Waals surface area contributed by atoms with Crippen LogP contribution in [0.5, 0.6) is 0 Å². The van der Waals surface area contributed by atoms with Crippen molar-refractivity contribution in [2.24, 2.45) is 15.3 Å². The highest BCUT2D eigenvalue weighted by Gasteiger charge is 2.31. The van der Waals surface area contributed by atoms with E-state index in [4.69, 9.17) is 9.90 Å². The Hall–Kier alpha value is -2.34. The first-order valence-electron chi connectivity index (χ1n) is 6.51. The summed E-state index contributed by atoms with van der Waals surface area (Å²) >= 11 is 0. The summed E-state index contributed by atoms with van der Waals surface area (Å²) in [6.45, 7) is 4.98. The monoisotopic (exact) mass is 288 g/mol. The molecule has 1 aliphatic rings. The molecule has 1 aromatic rings. The average molecular weight is 288 g/mol. The zero-order chi connectivity index (χ0) is 16.0. The van der Waals surface area contributed by atoms with Crippen molar-refractivity contribution in [1.29, 1.82) is 0 Å². The minimum absolute atomic E-state index is 0.509. The average Bonchev–Trinajstić information content (AvgIpc) is 2.57. The minimum atomic E-state index is -1.08. The molecule has 0 radical (unpaired) electrons. The van der Waals surface area contributed by atoms with Gasteiger partial charge in [-0.15, -0.1) is 5.11 Å². The fourth-order valence-electron chi connectivity index (χ4n) is 1.77. The minimum Gasteiger partial charge on any atom is -0.550 e. The topological polar surface area (TPSA) is 77.2 Å². The SMILES string of the molecule is CC(=O)[O-].CC1=N[N+](C)(C)C(C)=C1N=Nc1ccccc1. The Labute approximate surface area is 124 Å². The van der Waals surface area contributed by atoms with E-state index in [-0.39, 0.29) is 0 Å². The van der Waals surface area contributed by atoms with Crippen molar-refractivity contribution < 1.29 is 14.5 Å². The molecule has 112 valence electrons. The second-order valence-electron chi connectivity index (χ2n) is 5.04. The van der Waals surface area contributed by atoms with Crippen LogP contribution in [0.25, 0.3) is 0 Å². The van der Waals surface area contributed by atoms with Crippen LogP contribution >= 0.6 is 0 Å². The molecule has 0 bridgehead atoms. The zero-order valence-electron chi connectivity index (χ0n) is 13.0. The van der Waals surface area contributed by atoms with Crippen LogP contribution < -0.4 is 5.11 Å². The summed E-state index contributed by atoms with van der Waals surface area (Å²) < 4.78 is 0.509. The van der Waals surface area contributed by atoms with Gasteiger partial charge < -0.3 is 9.90 Å². The molecule has 0 N–H and O–H groups in total. The van der Waals surface area contributed by atoms with Gasteiger partial charge in [0.2, 0.25) is 0 Å². The van der Waals surface area contributed by atoms with Crippen LogP contribution in [0.15, 0.2) is 57.1 Å². The van der Waals surface area contributed by atoms with Gasteiger partial charge in [0.25, 0.3) is 0 Å². The van der Waals surface area contributed by atoms with Crippen molar-refractivity contribution in [3.63, 3.8) is 0 Å². The summed E-state index contributed by atoms with van der Waals surface area (Å²) in [7, 11) is 4.06. The van der Waals surface area contributed by atoms with Gasteiger partial charge >= 0.3 is 0 Å². The van der Waals surface area contributed by atoms with Crippen LogP contribution in [0.3, 0.4) is 0 Å². The second kappa shape index (κ2) is 6.90. The lowest BCUT2D eigenvalue weighted by Gasteiger charge is -2.17. The maximum Gasteiger partial charge on any atom is 0.170 e. The Morgan fingerprint density at radius 2 is 1.67 bits per heavy atom. The Balaban J connectivity index is 0.000000491. The van der Waals surface area contributed by atoms with Crippen LogP contribution in [0.2, 0.25) is 0 Å². The highest BCUT2D eigenvalue weighted by atomic mass is 16.4. The van der Waals surface area contributed by atoms with E-state index in [0.717, 1.165) is 29.7 Å². The van der Waals surface area contributed by atoms with Crippen molar-refractivity contribution in [3.8, 4) is 0 Å². The molecular weight excluding hydrogens is 268 g/mol. The Morgan fingerprint density at radius 3 is 2.10 bits per heavy atom. The van der Waals surface area contributed by atoms with Crippen molar-refractivity contribution in [1.82, 2.24) is 0 Å². The van der Waals surface area contributed by atoms with Gasteiger partial charge in [-0.25, -0.2) is 0 Å². The first-order valence-corrected chi connectivity index (χ1v) is 6.51. The van der Waals surface area contributed by atoms with Crippen molar-refractivity contribution in [3.05, 3.63) is 41.7 Å². The molecule has 0 saturated carbocycles. The fraction of sp³-hybridized carbons (Fsp3) is 0.333. The van der Waals surface area contributed by atoms with Gasteiger partial charge in [-0.05, 0) is 26.0 Å². The van der Waals surface area contributed by atoms with Gasteiger partial charge in [0.15, 0.2) is 11.4 Å². The lowest BCUT2D eigenvalue weighted by atomic mass is 10.2. The molecule has 0 saturated heterocycles. The number of rotatable bonds is 2. The van der Waals surface area contributed by atoms with Gasteiger partial charge in [0.1, 0.15) is 5.71 Å². The molecule has 0 atom stereocenters. The Morgan fingerprint density at radius 1 is 1.14 bits per heavy atom. The summed E-state index contributed by atoms with van der Waals surface area (Å²) in [5.41, 5.74) is 3.80. The number of hydrogen-bond donors (Lipinski definition) is 0. The third-order valence-electron chi connectivity index (χ3n) is 2.93. The normalized spacial score (nSPS) is 16.5. The second-order valence-corrected chi connectivity index (χ2v) is 5.04. The third-order valence-corrected chi connectivity index (χ3v) is 2.93. The highest BCUT2D eigenvalue weighted by Crippen LogP contribution is 2.27. The predicted molar refractivity (Wildman–Crippen MR) is 79.6 cm³/mol. The smallest absolute Gasteiger partial charge is 0.170 e. The van der Waals surface area contributed by atoms with E-state index in [0.29, 0.717) is 4.59 Å². The summed E-state index contributed by atoms with van der Waals surface area (Å²) in [5, 5.41) is 22.0. The maximum absolute atomic E-state index is 8.89. The summed E-state index contributed by atoms with van der Waals surface area (Å²) in [6.07, 6.45) is 0. The molecule has 1 heterocycles. The Kier molecular flexibility index (Phi) is 5.49. The van der Waals surface area contributed by atoms with Crippen molar-refractivity contribution in [2.45, 2.75) is 20.8 Å². The number of nitrogens with zero attached hydrogens (tertiary/aromatic N) is 4. The molecule has 1 aromatic carbocycles. The summed E-state index contributed by atoms with van der Waals surface area (Å²) in [6, 6.07) is 9.73. The molecular formula is C15H20N4O2. The molecule has 6 nitrogen and oxygen atoms in total. The molecule has 0 unspecified atom stereocenters. The van der Waals surface area contributed by atoms with Gasteiger partial charge in [-0.2, -0.15) is 9.71 Å². The maximum atomic E-state index is 8.89. The fourth-order valence-corrected chi connectivity index (χ4v) is 1.77. The van der Waals surface area contributed by atoms with Crippen LogP contribution in [0.4, 0.5) is 5.69 Å². The van der Waals surface area contributed by atoms with E-state index in [9.17, 15) is 0 Å². The Bertz CT molecular complexity index is 597. The van der Waals surface area contributed by atoms with E-state index in [1.54, 1.807) is 0 Å². The number of allylic oxidation sites excluding steroid dienone is 2. The van der Waals surface area contributed by atoms with E-state index >= 15 is 0 Å². The molecule has 0 aliphatic carbocycles. The summed E-state index contributed by atoms with van der Waals surface area (Å²) in [5.74, 6) is -1.08. The molecule has 0 aromatic heterocycles. The predicted octanol–water partition coefficient (Wildman–Crippen LogP) is 2.22. The van der Waals surface area contributed by atoms with E-state index in [1.165, 1.54) is 0 Å². The standard InChI is InChI=1S/C13H17N4.C2H4O2/c1-10-13(11(2)17(3,4)16-10)15-14-12-8-6-5-7-9-12;1-2(3)4/h5-9H,1-4H3;1H3,(H,3,4)/q+1;/p-1. The van der Waals surface area contributed by atoms with Crippen LogP contribution in [-0.2, 0) is 4.79 Å². The van der Waals surface area contributed by atoms with Crippen molar-refractivity contribution >= 4 is 17.4 Å². The highest BCUT2D eigenvalue weighted by molar-refractivity contribution is 5.98. The first kappa shape index (κ1) is 16.7. The van der Waals surface area contributed by atoms with Gasteiger partial charge in [0, 0.05) is 12.9 Å². The molecule has 1 aliphatic heterocycles. The van der Waals surface area contributed by atoms with Crippen LogP contribution in [0, 0.1) is 0 Å². The molecule has 0 fully saturated rings. The third kappa shape index (κ3) is 4.92. The van der Waals surface area contributed by atoms with Gasteiger partial charge in [-0.3, -0.25) is 0 Å². The largest absolute Gasteiger partial charge is 0.550 e. The number of carbonyl (C=O) groups excluding carboxylic acids is 1. The summed E-state index contributed by atoms with van der Waals surface area (Å²) in [4.78, 5) is 8.89. The van der Waals surface area contributed by atoms with Gasteiger partial charge in [-0.1, -0.05) is 23.3 Å². The number of azo groups is 1. The van der Waals surface area contributed by atoms with Crippen LogP contribution in [0.1, 0.15) is 20.8 Å². The lowest BCUT2D eigenvalue weighted by Crippen LogP contribution is -2.28.